The molecular formula is C17H27N3O3. The molecule has 23 heavy (non-hydrogen) atoms. The monoisotopic (exact) mass is 321 g/mol. The molecular weight excluding hydrogens is 294 g/mol. The zero-order chi connectivity index (χ0) is 16.7. The Bertz CT molecular complexity index is 506. The number of nitrogens with zero attached hydrogens (tertiary/aromatic N) is 1. The maximum Gasteiger partial charge on any atom is 0.222 e. The quantitative estimate of drug-likeness (QED) is 0.788. The molecule has 1 fully saturated rings. The van der Waals surface area contributed by atoms with Crippen LogP contribution in [0, 0.1) is 0 Å². The van der Waals surface area contributed by atoms with Crippen LogP contribution in [0.5, 0.6) is 5.75 Å². The molecule has 0 spiro atoms. The first-order valence-electron chi connectivity index (χ1n) is 8.07. The molecule has 2 atom stereocenters. The van der Waals surface area contributed by atoms with Gasteiger partial charge in [-0.15, -0.1) is 0 Å². The number of nitrogens with two attached hydrogens (primary N) is 1. The minimum absolute atomic E-state index is 0.000192. The van der Waals surface area contributed by atoms with Gasteiger partial charge < -0.3 is 25.4 Å². The fourth-order valence-electron chi connectivity index (χ4n) is 2.89. The highest BCUT2D eigenvalue weighted by Gasteiger charge is 2.23. The molecule has 1 aliphatic heterocycles. The Hall–Kier alpha value is -1.79. The maximum absolute atomic E-state index is 12.1. The van der Waals surface area contributed by atoms with E-state index in [1.54, 1.807) is 14.2 Å². The first-order chi connectivity index (χ1) is 11.2. The van der Waals surface area contributed by atoms with E-state index < -0.39 is 0 Å². The lowest BCUT2D eigenvalue weighted by atomic mass is 10.0. The molecule has 6 nitrogen and oxygen atoms in total. The number of rotatable bonds is 7. The van der Waals surface area contributed by atoms with Crippen LogP contribution in [0.15, 0.2) is 24.3 Å². The lowest BCUT2D eigenvalue weighted by Crippen LogP contribution is -2.48. The number of hydrogen-bond donors (Lipinski definition) is 2. The normalized spacial score (nSPS) is 19.3. The predicted octanol–water partition coefficient (Wildman–Crippen LogP) is 1.14. The maximum atomic E-state index is 12.1. The van der Waals surface area contributed by atoms with Gasteiger partial charge in [0.2, 0.25) is 5.91 Å². The third-order valence-electron chi connectivity index (χ3n) is 4.21. The van der Waals surface area contributed by atoms with E-state index in [-0.39, 0.29) is 18.1 Å². The largest absolute Gasteiger partial charge is 0.497 e. The molecule has 1 aliphatic rings. The smallest absolute Gasteiger partial charge is 0.222 e. The van der Waals surface area contributed by atoms with Crippen molar-refractivity contribution >= 4 is 11.6 Å². The van der Waals surface area contributed by atoms with Gasteiger partial charge in [0, 0.05) is 44.5 Å². The van der Waals surface area contributed by atoms with Crippen molar-refractivity contribution in [3.05, 3.63) is 24.3 Å². The summed E-state index contributed by atoms with van der Waals surface area (Å²) in [6, 6.07) is 8.17. The van der Waals surface area contributed by atoms with Crippen molar-refractivity contribution in [3.8, 4) is 5.75 Å². The van der Waals surface area contributed by atoms with E-state index >= 15 is 0 Å². The first-order valence-corrected chi connectivity index (χ1v) is 8.07. The molecule has 0 aliphatic carbocycles. The fourth-order valence-corrected chi connectivity index (χ4v) is 2.89. The van der Waals surface area contributed by atoms with Gasteiger partial charge in [-0.2, -0.15) is 0 Å². The minimum atomic E-state index is -0.215. The predicted molar refractivity (Wildman–Crippen MR) is 90.8 cm³/mol. The Morgan fingerprint density at radius 1 is 1.48 bits per heavy atom. The summed E-state index contributed by atoms with van der Waals surface area (Å²) in [5.41, 5.74) is 6.69. The van der Waals surface area contributed by atoms with Crippen molar-refractivity contribution in [1.82, 2.24) is 5.32 Å². The molecule has 2 unspecified atom stereocenters. The molecule has 0 radical (unpaired) electrons. The van der Waals surface area contributed by atoms with Crippen LogP contribution in [-0.4, -0.2) is 51.9 Å². The minimum Gasteiger partial charge on any atom is -0.497 e. The standard InChI is InChI=1S/C17H27N3O3/c1-22-15-7-3-6-14(9-15)20-8-4-5-13(12-20)19-17(21)10-16(11-18)23-2/h3,6-7,9,13,16H,4-5,8,10-12,18H2,1-2H3,(H,19,21). The number of carbonyl (C=O) groups excluding carboxylic acids is 1. The summed E-state index contributed by atoms with van der Waals surface area (Å²) in [6.07, 6.45) is 2.13. The van der Waals surface area contributed by atoms with Crippen LogP contribution in [0.3, 0.4) is 0 Å². The van der Waals surface area contributed by atoms with Gasteiger partial charge >= 0.3 is 0 Å². The number of hydrogen-bond acceptors (Lipinski definition) is 5. The van der Waals surface area contributed by atoms with Crippen LogP contribution in [0.2, 0.25) is 0 Å². The van der Waals surface area contributed by atoms with Crippen LogP contribution in [-0.2, 0) is 9.53 Å². The summed E-state index contributed by atoms with van der Waals surface area (Å²) in [5, 5.41) is 3.10. The molecule has 1 aromatic rings. The van der Waals surface area contributed by atoms with E-state index in [4.69, 9.17) is 15.2 Å². The van der Waals surface area contributed by atoms with E-state index in [2.05, 4.69) is 16.3 Å². The lowest BCUT2D eigenvalue weighted by Gasteiger charge is -2.35. The number of ether oxygens (including phenoxy) is 2. The SMILES string of the molecule is COc1cccc(N2CCCC(NC(=O)CC(CN)OC)C2)c1. The van der Waals surface area contributed by atoms with E-state index in [0.717, 1.165) is 37.4 Å². The van der Waals surface area contributed by atoms with Gasteiger partial charge in [-0.25, -0.2) is 0 Å². The molecule has 1 saturated heterocycles. The number of methoxy groups -OCH3 is 2. The number of benzene rings is 1. The van der Waals surface area contributed by atoms with Gasteiger partial charge in [-0.3, -0.25) is 4.79 Å². The van der Waals surface area contributed by atoms with Crippen LogP contribution in [0.4, 0.5) is 5.69 Å². The third-order valence-corrected chi connectivity index (χ3v) is 4.21. The van der Waals surface area contributed by atoms with Gasteiger partial charge in [-0.1, -0.05) is 6.07 Å². The van der Waals surface area contributed by atoms with Gasteiger partial charge in [0.25, 0.3) is 0 Å². The highest BCUT2D eigenvalue weighted by molar-refractivity contribution is 5.77. The van der Waals surface area contributed by atoms with E-state index in [1.807, 2.05) is 18.2 Å². The Kier molecular flexibility index (Phi) is 6.67. The summed E-state index contributed by atoms with van der Waals surface area (Å²) in [4.78, 5) is 14.4. The van der Waals surface area contributed by atoms with Crippen LogP contribution >= 0.6 is 0 Å². The second kappa shape index (κ2) is 8.74. The zero-order valence-electron chi connectivity index (χ0n) is 14.0. The first kappa shape index (κ1) is 17.6. The van der Waals surface area contributed by atoms with E-state index in [0.29, 0.717) is 13.0 Å². The van der Waals surface area contributed by atoms with Gasteiger partial charge in [0.1, 0.15) is 5.75 Å². The third kappa shape index (κ3) is 5.11. The molecule has 0 bridgehead atoms. The molecule has 6 heteroatoms. The van der Waals surface area contributed by atoms with Crippen molar-refractivity contribution in [1.29, 1.82) is 0 Å². The number of nitrogens with one attached hydrogen (secondary N) is 1. The summed E-state index contributed by atoms with van der Waals surface area (Å²) < 4.78 is 10.4. The molecule has 1 aromatic carbocycles. The summed E-state index contributed by atoms with van der Waals surface area (Å²) in [5.74, 6) is 0.847. The Balaban J connectivity index is 1.91. The van der Waals surface area contributed by atoms with Gasteiger partial charge in [0.15, 0.2) is 0 Å². The molecule has 3 N–H and O–H groups in total. The number of carbonyl (C=O) groups is 1. The van der Waals surface area contributed by atoms with E-state index in [1.165, 1.54) is 0 Å². The molecule has 0 aromatic heterocycles. The van der Waals surface area contributed by atoms with Gasteiger partial charge in [-0.05, 0) is 25.0 Å². The molecule has 1 heterocycles. The second-order valence-corrected chi connectivity index (χ2v) is 5.85. The number of anilines is 1. The highest BCUT2D eigenvalue weighted by atomic mass is 16.5. The average molecular weight is 321 g/mol. The summed E-state index contributed by atoms with van der Waals surface area (Å²) in [6.45, 7) is 2.15. The number of piperidine rings is 1. The molecule has 128 valence electrons. The van der Waals surface area contributed by atoms with Crippen molar-refractivity contribution in [2.24, 2.45) is 5.73 Å². The number of amides is 1. The van der Waals surface area contributed by atoms with Crippen molar-refractivity contribution in [2.75, 3.05) is 38.8 Å². The average Bonchev–Trinajstić information content (AvgIpc) is 2.60. The molecule has 2 rings (SSSR count). The van der Waals surface area contributed by atoms with Crippen LogP contribution in [0.25, 0.3) is 0 Å². The van der Waals surface area contributed by atoms with E-state index in [9.17, 15) is 4.79 Å². The molecule has 1 amide bonds. The zero-order valence-corrected chi connectivity index (χ0v) is 14.0. The Labute approximate surface area is 137 Å². The fraction of sp³-hybridized carbons (Fsp3) is 0.588. The highest BCUT2D eigenvalue weighted by Crippen LogP contribution is 2.24. The topological polar surface area (TPSA) is 76.8 Å². The van der Waals surface area contributed by atoms with Crippen molar-refractivity contribution in [3.63, 3.8) is 0 Å². The summed E-state index contributed by atoms with van der Waals surface area (Å²) in [7, 11) is 3.25. The Morgan fingerprint density at radius 3 is 3.00 bits per heavy atom. The lowest BCUT2D eigenvalue weighted by molar-refractivity contribution is -0.124. The van der Waals surface area contributed by atoms with Crippen molar-refractivity contribution < 1.29 is 14.3 Å². The van der Waals surface area contributed by atoms with Crippen LogP contribution < -0.4 is 20.7 Å². The second-order valence-electron chi connectivity index (χ2n) is 5.85. The Morgan fingerprint density at radius 2 is 2.30 bits per heavy atom. The van der Waals surface area contributed by atoms with Gasteiger partial charge in [0.05, 0.1) is 19.6 Å². The van der Waals surface area contributed by atoms with Crippen molar-refractivity contribution in [2.45, 2.75) is 31.4 Å². The van der Waals surface area contributed by atoms with Crippen LogP contribution in [0.1, 0.15) is 19.3 Å². The summed E-state index contributed by atoms with van der Waals surface area (Å²) >= 11 is 0. The molecule has 0 saturated carbocycles.